The molecule has 0 spiro atoms. The van der Waals surface area contributed by atoms with Gasteiger partial charge in [0.2, 0.25) is 0 Å². The van der Waals surface area contributed by atoms with Crippen molar-refractivity contribution in [1.29, 1.82) is 0 Å². The number of hydrogen-bond acceptors (Lipinski definition) is 0. The second kappa shape index (κ2) is 9.04. The first-order valence-electron chi connectivity index (χ1n) is 1.47. The molecule has 0 amide bonds. The SMILES string of the molecule is C[CH2][Hg][Cl].[Be+2].[H-].[H-]. The first-order chi connectivity index (χ1) is 1.91. The fourth-order valence-corrected chi connectivity index (χ4v) is 0. The van der Waals surface area contributed by atoms with Crippen LogP contribution >= 0.6 is 8.25 Å². The second-order valence-corrected chi connectivity index (χ2v) is 9.36. The summed E-state index contributed by atoms with van der Waals surface area (Å²) in [5, 5.41) is 0. The zero-order chi connectivity index (χ0) is 3.41. The fourth-order valence-electron chi connectivity index (χ4n) is 0. The summed E-state index contributed by atoms with van der Waals surface area (Å²) < 4.78 is 1.31. The van der Waals surface area contributed by atoms with Crippen molar-refractivity contribution in [1.82, 2.24) is 0 Å². The van der Waals surface area contributed by atoms with E-state index < -0.39 is 23.3 Å². The minimum atomic E-state index is -0.640. The van der Waals surface area contributed by atoms with Crippen LogP contribution in [-0.4, -0.2) is 10.1 Å². The Kier molecular flexibility index (Phi) is 17.4. The summed E-state index contributed by atoms with van der Waals surface area (Å²) in [6, 6.07) is 0. The Balaban J connectivity index is -0.0000000150. The van der Waals surface area contributed by atoms with Crippen molar-refractivity contribution in [2.45, 2.75) is 10.9 Å². The van der Waals surface area contributed by atoms with E-state index in [0.29, 0.717) is 0 Å². The van der Waals surface area contributed by atoms with Crippen molar-refractivity contribution in [3.8, 4) is 0 Å². The van der Waals surface area contributed by atoms with Crippen LogP contribution in [0.1, 0.15) is 9.78 Å². The van der Waals surface area contributed by atoms with Gasteiger partial charge in [-0.3, -0.25) is 0 Å². The zero-order valence-corrected chi connectivity index (χ0v) is 9.75. The molecule has 0 saturated heterocycles. The van der Waals surface area contributed by atoms with Crippen LogP contribution in [0.2, 0.25) is 3.93 Å². The molecule has 0 aromatic heterocycles. The summed E-state index contributed by atoms with van der Waals surface area (Å²) in [4.78, 5) is 0. The van der Waals surface area contributed by atoms with E-state index in [-0.39, 0.29) is 13.0 Å². The van der Waals surface area contributed by atoms with E-state index >= 15 is 0 Å². The molecule has 0 bridgehead atoms. The molecule has 3 heteroatoms. The molecule has 5 heavy (non-hydrogen) atoms. The van der Waals surface area contributed by atoms with Gasteiger partial charge in [0.05, 0.1) is 0 Å². The molecule has 0 nitrogen and oxygen atoms in total. The molecular weight excluding hydrogens is 269 g/mol. The van der Waals surface area contributed by atoms with E-state index in [0.717, 1.165) is 0 Å². The van der Waals surface area contributed by atoms with Crippen molar-refractivity contribution in [3.63, 3.8) is 0 Å². The summed E-state index contributed by atoms with van der Waals surface area (Å²) in [5.74, 6) is 0. The number of rotatable bonds is 1. The maximum atomic E-state index is 5.41. The van der Waals surface area contributed by atoms with Crippen LogP contribution in [0.25, 0.3) is 0 Å². The molecule has 0 rings (SSSR count). The number of halogens is 1. The molecule has 0 aromatic carbocycles. The van der Waals surface area contributed by atoms with E-state index in [1.165, 1.54) is 3.93 Å². The van der Waals surface area contributed by atoms with Crippen molar-refractivity contribution in [2.75, 3.05) is 0 Å². The average Bonchev–Trinajstić information content (AvgIpc) is 1.37. The summed E-state index contributed by atoms with van der Waals surface area (Å²) in [6.45, 7) is 2.15. The van der Waals surface area contributed by atoms with Crippen LogP contribution < -0.4 is 0 Å². The molecule has 0 aliphatic heterocycles. The van der Waals surface area contributed by atoms with E-state index in [2.05, 4.69) is 6.92 Å². The smallest absolute Gasteiger partial charge is 1.00 e. The summed E-state index contributed by atoms with van der Waals surface area (Å²) >= 11 is -0.640. The minimum Gasteiger partial charge on any atom is -1.00 e. The molecule has 0 fully saturated rings. The molecule has 26 valence electrons. The topological polar surface area (TPSA) is 0 Å². The Morgan fingerprint density at radius 1 is 2.00 bits per heavy atom. The molecule has 0 atom stereocenters. The van der Waals surface area contributed by atoms with Gasteiger partial charge in [-0.1, -0.05) is 0 Å². The van der Waals surface area contributed by atoms with Crippen molar-refractivity contribution < 1.29 is 26.2 Å². The van der Waals surface area contributed by atoms with Crippen LogP contribution in [0.4, 0.5) is 0 Å². The molecular formula is C2H7BeClHg. The van der Waals surface area contributed by atoms with Gasteiger partial charge in [-0.15, -0.1) is 0 Å². The van der Waals surface area contributed by atoms with Crippen LogP contribution in [0.5, 0.6) is 0 Å². The molecule has 0 unspecified atom stereocenters. The number of hydrogen-bond donors (Lipinski definition) is 0. The molecule has 0 radical (unpaired) electrons. The monoisotopic (exact) mass is 277 g/mol. The van der Waals surface area contributed by atoms with Crippen LogP contribution in [0, 0.1) is 0 Å². The second-order valence-electron chi connectivity index (χ2n) is 0.689. The van der Waals surface area contributed by atoms with E-state index in [9.17, 15) is 0 Å². The van der Waals surface area contributed by atoms with Gasteiger partial charge in [0.25, 0.3) is 0 Å². The molecule has 0 saturated carbocycles. The Bertz CT molecular complexity index is 17.7. The summed E-state index contributed by atoms with van der Waals surface area (Å²) in [6.07, 6.45) is 0. The predicted octanol–water partition coefficient (Wildman–Crippen LogP) is 1.51. The molecule has 0 N–H and O–H groups in total. The van der Waals surface area contributed by atoms with E-state index in [4.69, 9.17) is 8.25 Å². The normalized spacial score (nSPS) is 4.40. The fraction of sp³-hybridized carbons (Fsp3) is 1.00. The maximum absolute atomic E-state index is 5.41. The van der Waals surface area contributed by atoms with E-state index in [1.54, 1.807) is 0 Å². The maximum Gasteiger partial charge on any atom is 2.00 e. The predicted molar refractivity (Wildman–Crippen MR) is 24.3 cm³/mol. The van der Waals surface area contributed by atoms with E-state index in [1.807, 2.05) is 0 Å². The van der Waals surface area contributed by atoms with Crippen molar-refractivity contribution >= 4 is 18.4 Å². The van der Waals surface area contributed by atoms with Gasteiger partial charge in [0, 0.05) is 0 Å². The average molecular weight is 276 g/mol. The Hall–Kier alpha value is 1.39. The van der Waals surface area contributed by atoms with Crippen LogP contribution in [-0.2, 0) is 23.3 Å². The third-order valence-corrected chi connectivity index (χ3v) is 4.97. The third kappa shape index (κ3) is 10.8. The van der Waals surface area contributed by atoms with Crippen molar-refractivity contribution in [3.05, 3.63) is 0 Å². The van der Waals surface area contributed by atoms with Gasteiger partial charge in [-0.25, -0.2) is 0 Å². The quantitative estimate of drug-likeness (QED) is 0.637. The first kappa shape index (κ1) is 9.64. The van der Waals surface area contributed by atoms with Gasteiger partial charge >= 0.3 is 52.6 Å². The van der Waals surface area contributed by atoms with Gasteiger partial charge in [0.1, 0.15) is 0 Å². The molecule has 0 aliphatic rings. The van der Waals surface area contributed by atoms with Crippen LogP contribution in [0.3, 0.4) is 0 Å². The Labute approximate surface area is 55.3 Å². The Morgan fingerprint density at radius 2 is 2.20 bits per heavy atom. The third-order valence-electron chi connectivity index (χ3n) is 0.189. The van der Waals surface area contributed by atoms with Gasteiger partial charge in [-0.05, 0) is 0 Å². The van der Waals surface area contributed by atoms with Gasteiger partial charge in [-0.2, -0.15) is 0 Å². The summed E-state index contributed by atoms with van der Waals surface area (Å²) in [5.41, 5.74) is 0. The van der Waals surface area contributed by atoms with Crippen molar-refractivity contribution in [2.24, 2.45) is 0 Å². The Morgan fingerprint density at radius 3 is 2.20 bits per heavy atom. The van der Waals surface area contributed by atoms with Crippen LogP contribution in [0.15, 0.2) is 0 Å². The molecule has 0 heterocycles. The zero-order valence-electron chi connectivity index (χ0n) is 5.50. The minimum absolute atomic E-state index is 0. The molecule has 0 aromatic rings. The largest absolute Gasteiger partial charge is 2.00 e. The first-order valence-corrected chi connectivity index (χ1v) is 12.1. The standard InChI is InChI=1S/C2H5.Be.ClH.Hg.2H/c1-2;;;;;/h1H2,2H3;;1H;;;/q;+2;;+1;2*-1/p-1. The van der Waals surface area contributed by atoms with Gasteiger partial charge in [0.15, 0.2) is 0 Å². The van der Waals surface area contributed by atoms with Gasteiger partial charge < -0.3 is 2.85 Å². The molecule has 0 aliphatic carbocycles. The summed E-state index contributed by atoms with van der Waals surface area (Å²) in [7, 11) is 5.41.